The molecule has 0 aliphatic rings. The Kier molecular flexibility index (Phi) is 8.45. The molecule has 0 atom stereocenters. The van der Waals surface area contributed by atoms with Crippen molar-refractivity contribution < 1.29 is 0 Å². The lowest BCUT2D eigenvalue weighted by molar-refractivity contribution is 1.28. The second-order valence-corrected chi connectivity index (χ2v) is 8.31. The molecule has 0 aliphatic carbocycles. The summed E-state index contributed by atoms with van der Waals surface area (Å²) in [5.74, 6) is 0. The van der Waals surface area contributed by atoms with Gasteiger partial charge < -0.3 is 4.90 Å². The Morgan fingerprint density at radius 2 is 1.08 bits per heavy atom. The van der Waals surface area contributed by atoms with Gasteiger partial charge in [0, 0.05) is 22.6 Å². The number of anilines is 3. The van der Waals surface area contributed by atoms with Crippen LogP contribution < -0.4 is 4.90 Å². The van der Waals surface area contributed by atoms with E-state index in [9.17, 15) is 21.0 Å². The fourth-order valence-electron chi connectivity index (χ4n) is 4.08. The Balaban J connectivity index is 1.73. The Morgan fingerprint density at radius 3 is 1.62 bits per heavy atom. The highest BCUT2D eigenvalue weighted by Crippen LogP contribution is 2.34. The van der Waals surface area contributed by atoms with Gasteiger partial charge in [-0.1, -0.05) is 84.9 Å². The molecule has 0 unspecified atom stereocenters. The van der Waals surface area contributed by atoms with Crippen LogP contribution in [0.1, 0.15) is 16.7 Å². The second kappa shape index (κ2) is 12.7. The van der Waals surface area contributed by atoms with Crippen LogP contribution in [0.4, 0.5) is 17.1 Å². The molecule has 0 bridgehead atoms. The largest absolute Gasteiger partial charge is 0.311 e. The Bertz CT molecular complexity index is 1650. The minimum absolute atomic E-state index is 0.0708. The summed E-state index contributed by atoms with van der Waals surface area (Å²) < 4.78 is 0. The zero-order valence-electron chi connectivity index (χ0n) is 20.9. The molecule has 5 nitrogen and oxygen atoms in total. The van der Waals surface area contributed by atoms with E-state index in [0.29, 0.717) is 16.7 Å². The Labute approximate surface area is 228 Å². The van der Waals surface area contributed by atoms with Gasteiger partial charge in [-0.3, -0.25) is 0 Å². The van der Waals surface area contributed by atoms with E-state index in [1.807, 2.05) is 91.0 Å². The lowest BCUT2D eigenvalue weighted by Crippen LogP contribution is -2.09. The molecule has 4 rings (SSSR count). The van der Waals surface area contributed by atoms with Gasteiger partial charge in [0.25, 0.3) is 0 Å². The number of nitrogens with zero attached hydrogens (tertiary/aromatic N) is 5. The first-order valence-electron chi connectivity index (χ1n) is 12.0. The summed E-state index contributed by atoms with van der Waals surface area (Å²) in [5.41, 5.74) is 5.31. The predicted octanol–water partition coefficient (Wildman–Crippen LogP) is 8.10. The minimum Gasteiger partial charge on any atom is -0.311 e. The third kappa shape index (κ3) is 6.17. The molecular formula is C34H21N5. The second-order valence-electron chi connectivity index (χ2n) is 8.31. The first-order chi connectivity index (χ1) is 19.2. The lowest BCUT2D eigenvalue weighted by Gasteiger charge is -2.25. The third-order valence-corrected chi connectivity index (χ3v) is 5.91. The number of rotatable bonds is 7. The standard InChI is InChI=1S/C34H21N5/c35-22-27(23-36)21-28-9-7-8-14-33(28)34(29(24-37)25-38)20-17-26-15-18-32(19-16-26)39(30-10-3-1-4-11-30)31-12-5-2-6-13-31/h1-21H. The van der Waals surface area contributed by atoms with Gasteiger partial charge in [-0.15, -0.1) is 0 Å². The fraction of sp³-hybridized carbons (Fsp3) is 0. The minimum atomic E-state index is -0.0711. The van der Waals surface area contributed by atoms with Crippen molar-refractivity contribution >= 4 is 34.8 Å². The zero-order chi connectivity index (χ0) is 27.5. The molecule has 0 amide bonds. The van der Waals surface area contributed by atoms with Crippen molar-refractivity contribution in [2.24, 2.45) is 0 Å². The molecule has 4 aromatic rings. The van der Waals surface area contributed by atoms with Crippen molar-refractivity contribution in [3.8, 4) is 24.3 Å². The van der Waals surface area contributed by atoms with Gasteiger partial charge in [0.1, 0.15) is 35.4 Å². The molecule has 0 aromatic heterocycles. The van der Waals surface area contributed by atoms with Gasteiger partial charge in [0.05, 0.1) is 0 Å². The van der Waals surface area contributed by atoms with E-state index >= 15 is 0 Å². The van der Waals surface area contributed by atoms with Crippen LogP contribution in [0.3, 0.4) is 0 Å². The lowest BCUT2D eigenvalue weighted by atomic mass is 9.94. The SMILES string of the molecule is N#CC(C#N)=Cc1ccccc1C(C=Cc1ccc(N(c2ccccc2)c2ccccc2)cc1)=C(C#N)C#N. The van der Waals surface area contributed by atoms with E-state index in [-0.39, 0.29) is 11.1 Å². The number of hydrogen-bond donors (Lipinski definition) is 0. The summed E-state index contributed by atoms with van der Waals surface area (Å²) in [4.78, 5) is 2.16. The molecule has 4 aromatic carbocycles. The molecule has 0 saturated heterocycles. The van der Waals surface area contributed by atoms with E-state index in [4.69, 9.17) is 0 Å². The van der Waals surface area contributed by atoms with Crippen LogP contribution >= 0.6 is 0 Å². The number of hydrogen-bond acceptors (Lipinski definition) is 5. The van der Waals surface area contributed by atoms with Crippen LogP contribution in [0.5, 0.6) is 0 Å². The summed E-state index contributed by atoms with van der Waals surface area (Å²) in [5, 5.41) is 37.7. The predicted molar refractivity (Wildman–Crippen MR) is 154 cm³/mol. The maximum absolute atomic E-state index is 9.64. The van der Waals surface area contributed by atoms with E-state index < -0.39 is 0 Å². The van der Waals surface area contributed by atoms with Crippen LogP contribution in [0, 0.1) is 45.3 Å². The van der Waals surface area contributed by atoms with E-state index in [1.54, 1.807) is 30.3 Å². The van der Waals surface area contributed by atoms with Gasteiger partial charge in [0.15, 0.2) is 0 Å². The normalized spacial score (nSPS) is 9.85. The van der Waals surface area contributed by atoms with Crippen molar-refractivity contribution in [2.75, 3.05) is 4.90 Å². The smallest absolute Gasteiger partial charge is 0.137 e. The number of nitriles is 4. The van der Waals surface area contributed by atoms with Gasteiger partial charge >= 0.3 is 0 Å². The van der Waals surface area contributed by atoms with Gasteiger partial charge in [-0.2, -0.15) is 21.0 Å². The Hall–Kier alpha value is -6.14. The molecule has 0 N–H and O–H groups in total. The summed E-state index contributed by atoms with van der Waals surface area (Å²) >= 11 is 0. The van der Waals surface area contributed by atoms with Gasteiger partial charge in [-0.05, 0) is 59.2 Å². The number of para-hydroxylation sites is 2. The first kappa shape index (κ1) is 25.9. The molecule has 5 heteroatoms. The molecule has 0 radical (unpaired) electrons. The summed E-state index contributed by atoms with van der Waals surface area (Å²) in [6, 6.07) is 42.8. The van der Waals surface area contributed by atoms with Crippen LogP contribution in [-0.4, -0.2) is 0 Å². The molecular weight excluding hydrogens is 478 g/mol. The Morgan fingerprint density at radius 1 is 0.564 bits per heavy atom. The highest BCUT2D eigenvalue weighted by atomic mass is 15.1. The molecule has 39 heavy (non-hydrogen) atoms. The average molecular weight is 500 g/mol. The van der Waals surface area contributed by atoms with Crippen molar-refractivity contribution in [3.05, 3.63) is 143 Å². The van der Waals surface area contributed by atoms with Gasteiger partial charge in [0.2, 0.25) is 0 Å². The molecule has 0 saturated carbocycles. The summed E-state index contributed by atoms with van der Waals surface area (Å²) in [7, 11) is 0. The molecule has 182 valence electrons. The van der Waals surface area contributed by atoms with Crippen molar-refractivity contribution in [2.45, 2.75) is 0 Å². The van der Waals surface area contributed by atoms with Crippen LogP contribution in [0.2, 0.25) is 0 Å². The molecule has 0 fully saturated rings. The molecule has 0 aliphatic heterocycles. The van der Waals surface area contributed by atoms with Crippen LogP contribution in [-0.2, 0) is 0 Å². The van der Waals surface area contributed by atoms with Gasteiger partial charge in [-0.25, -0.2) is 0 Å². The van der Waals surface area contributed by atoms with Crippen LogP contribution in [0.15, 0.2) is 126 Å². The average Bonchev–Trinajstić information content (AvgIpc) is 3.00. The summed E-state index contributed by atoms with van der Waals surface area (Å²) in [6.45, 7) is 0. The maximum atomic E-state index is 9.64. The monoisotopic (exact) mass is 499 g/mol. The maximum Gasteiger partial charge on any atom is 0.137 e. The first-order valence-corrected chi connectivity index (χ1v) is 12.0. The summed E-state index contributed by atoms with van der Waals surface area (Å²) in [6.07, 6.45) is 5.00. The highest BCUT2D eigenvalue weighted by Gasteiger charge is 2.13. The quantitative estimate of drug-likeness (QED) is 0.189. The van der Waals surface area contributed by atoms with Crippen molar-refractivity contribution in [1.82, 2.24) is 0 Å². The van der Waals surface area contributed by atoms with Crippen LogP contribution in [0.25, 0.3) is 17.7 Å². The highest BCUT2D eigenvalue weighted by molar-refractivity contribution is 5.89. The van der Waals surface area contributed by atoms with E-state index in [0.717, 1.165) is 22.6 Å². The topological polar surface area (TPSA) is 98.4 Å². The molecule has 0 spiro atoms. The molecule has 0 heterocycles. The van der Waals surface area contributed by atoms with E-state index in [1.165, 1.54) is 6.08 Å². The third-order valence-electron chi connectivity index (χ3n) is 5.91. The number of benzene rings is 4. The number of allylic oxidation sites excluding steroid dienone is 4. The zero-order valence-corrected chi connectivity index (χ0v) is 20.9. The van der Waals surface area contributed by atoms with Crippen molar-refractivity contribution in [3.63, 3.8) is 0 Å². The van der Waals surface area contributed by atoms with E-state index in [2.05, 4.69) is 29.2 Å². The fourth-order valence-corrected chi connectivity index (χ4v) is 4.08. The van der Waals surface area contributed by atoms with Crippen molar-refractivity contribution in [1.29, 1.82) is 21.0 Å².